The summed E-state index contributed by atoms with van der Waals surface area (Å²) in [5.41, 5.74) is 5.33. The van der Waals surface area contributed by atoms with Crippen LogP contribution in [-0.2, 0) is 0 Å². The zero-order valence-corrected chi connectivity index (χ0v) is 7.73. The maximum Gasteiger partial charge on any atom is 0.314 e. The molecule has 0 aliphatic heterocycles. The molecule has 4 heteroatoms. The number of urea groups is 1. The summed E-state index contributed by atoms with van der Waals surface area (Å²) in [5, 5.41) is 5.22. The fourth-order valence-corrected chi connectivity index (χ4v) is 0.913. The average molecular weight is 173 g/mol. The van der Waals surface area contributed by atoms with E-state index in [4.69, 9.17) is 5.73 Å². The van der Waals surface area contributed by atoms with Crippen LogP contribution in [0.2, 0.25) is 0 Å². The lowest BCUT2D eigenvalue weighted by molar-refractivity contribution is 0.242. The predicted molar refractivity (Wildman–Crippen MR) is 50.0 cm³/mol. The first kappa shape index (κ1) is 11.2. The molecule has 0 heterocycles. The molecular formula is C8H19N3O. The van der Waals surface area contributed by atoms with Crippen molar-refractivity contribution in [1.29, 1.82) is 0 Å². The van der Waals surface area contributed by atoms with Crippen molar-refractivity contribution in [3.05, 3.63) is 0 Å². The molecule has 0 saturated heterocycles. The van der Waals surface area contributed by atoms with Crippen LogP contribution in [0.4, 0.5) is 4.79 Å². The van der Waals surface area contributed by atoms with Gasteiger partial charge in [-0.1, -0.05) is 12.8 Å². The van der Waals surface area contributed by atoms with E-state index in [1.165, 1.54) is 0 Å². The van der Waals surface area contributed by atoms with E-state index in [0.717, 1.165) is 38.8 Å². The van der Waals surface area contributed by atoms with E-state index < -0.39 is 0 Å². The third kappa shape index (κ3) is 7.34. The topological polar surface area (TPSA) is 67.2 Å². The van der Waals surface area contributed by atoms with Crippen LogP contribution >= 0.6 is 0 Å². The van der Waals surface area contributed by atoms with E-state index in [1.807, 2.05) is 0 Å². The van der Waals surface area contributed by atoms with Gasteiger partial charge in [0.2, 0.25) is 0 Å². The van der Waals surface area contributed by atoms with Crippen LogP contribution in [0.3, 0.4) is 0 Å². The Morgan fingerprint density at radius 1 is 1.25 bits per heavy atom. The second kappa shape index (κ2) is 8.33. The number of hydrogen-bond acceptors (Lipinski definition) is 2. The van der Waals surface area contributed by atoms with Crippen LogP contribution in [0.5, 0.6) is 0 Å². The third-order valence-electron chi connectivity index (χ3n) is 1.64. The molecule has 0 rings (SSSR count). The van der Waals surface area contributed by atoms with Gasteiger partial charge in [0.1, 0.15) is 0 Å². The molecule has 0 radical (unpaired) electrons. The van der Waals surface area contributed by atoms with Gasteiger partial charge < -0.3 is 16.4 Å². The van der Waals surface area contributed by atoms with Crippen molar-refractivity contribution >= 4 is 6.03 Å². The lowest BCUT2D eigenvalue weighted by atomic mass is 10.2. The third-order valence-corrected chi connectivity index (χ3v) is 1.64. The average Bonchev–Trinajstić information content (AvgIpc) is 2.10. The van der Waals surface area contributed by atoms with E-state index in [2.05, 4.69) is 10.6 Å². The van der Waals surface area contributed by atoms with E-state index in [1.54, 1.807) is 7.05 Å². The highest BCUT2D eigenvalue weighted by Crippen LogP contribution is 1.96. The minimum absolute atomic E-state index is 0.103. The number of nitrogens with two attached hydrogens (primary N) is 1. The smallest absolute Gasteiger partial charge is 0.314 e. The van der Waals surface area contributed by atoms with Gasteiger partial charge in [0.15, 0.2) is 0 Å². The van der Waals surface area contributed by atoms with Gasteiger partial charge in [-0.3, -0.25) is 0 Å². The number of carbonyl (C=O) groups is 1. The van der Waals surface area contributed by atoms with Crippen LogP contribution in [0, 0.1) is 0 Å². The largest absolute Gasteiger partial charge is 0.341 e. The molecule has 0 aromatic rings. The molecular weight excluding hydrogens is 154 g/mol. The van der Waals surface area contributed by atoms with Gasteiger partial charge in [0.05, 0.1) is 0 Å². The highest BCUT2D eigenvalue weighted by Gasteiger charge is 1.93. The van der Waals surface area contributed by atoms with E-state index in [-0.39, 0.29) is 6.03 Å². The zero-order valence-electron chi connectivity index (χ0n) is 7.73. The molecule has 0 aromatic heterocycles. The standard InChI is InChI=1S/C8H19N3O/c1-10-8(12)11-7-5-3-2-4-6-9/h2-7,9H2,1H3,(H2,10,11,12). The summed E-state index contributed by atoms with van der Waals surface area (Å²) < 4.78 is 0. The summed E-state index contributed by atoms with van der Waals surface area (Å²) in [6.07, 6.45) is 4.42. The molecule has 12 heavy (non-hydrogen) atoms. The summed E-state index contributed by atoms with van der Waals surface area (Å²) >= 11 is 0. The van der Waals surface area contributed by atoms with Crippen LogP contribution in [0.25, 0.3) is 0 Å². The van der Waals surface area contributed by atoms with E-state index in [0.29, 0.717) is 0 Å². The van der Waals surface area contributed by atoms with Gasteiger partial charge in [0, 0.05) is 13.6 Å². The summed E-state index contributed by atoms with van der Waals surface area (Å²) in [6.45, 7) is 1.52. The van der Waals surface area contributed by atoms with Gasteiger partial charge in [-0.15, -0.1) is 0 Å². The lowest BCUT2D eigenvalue weighted by Crippen LogP contribution is -2.33. The summed E-state index contributed by atoms with van der Waals surface area (Å²) in [6, 6.07) is -0.103. The lowest BCUT2D eigenvalue weighted by Gasteiger charge is -2.03. The Bertz CT molecular complexity index is 117. The van der Waals surface area contributed by atoms with Gasteiger partial charge in [0.25, 0.3) is 0 Å². The predicted octanol–water partition coefficient (Wildman–Crippen LogP) is 0.434. The SMILES string of the molecule is CNC(=O)NCCCCCCN. The summed E-state index contributed by atoms with van der Waals surface area (Å²) in [4.78, 5) is 10.7. The number of amides is 2. The van der Waals surface area contributed by atoms with Crippen molar-refractivity contribution in [3.63, 3.8) is 0 Å². The fraction of sp³-hybridized carbons (Fsp3) is 0.875. The van der Waals surface area contributed by atoms with Crippen LogP contribution in [0.1, 0.15) is 25.7 Å². The number of carbonyl (C=O) groups excluding carboxylic acids is 1. The highest BCUT2D eigenvalue weighted by molar-refractivity contribution is 5.73. The molecule has 0 spiro atoms. The van der Waals surface area contributed by atoms with Gasteiger partial charge in [-0.2, -0.15) is 0 Å². The van der Waals surface area contributed by atoms with Crippen molar-refractivity contribution in [2.45, 2.75) is 25.7 Å². The molecule has 0 unspecified atom stereocenters. The Balaban J connectivity index is 2.95. The van der Waals surface area contributed by atoms with Crippen molar-refractivity contribution in [1.82, 2.24) is 10.6 Å². The van der Waals surface area contributed by atoms with Crippen molar-refractivity contribution < 1.29 is 4.79 Å². The summed E-state index contributed by atoms with van der Waals surface area (Å²) in [5.74, 6) is 0. The summed E-state index contributed by atoms with van der Waals surface area (Å²) in [7, 11) is 1.61. The molecule has 0 saturated carbocycles. The molecule has 4 N–H and O–H groups in total. The van der Waals surface area contributed by atoms with Crippen LogP contribution in [-0.4, -0.2) is 26.2 Å². The Labute approximate surface area is 73.9 Å². The van der Waals surface area contributed by atoms with E-state index >= 15 is 0 Å². The number of hydrogen-bond donors (Lipinski definition) is 3. The number of unbranched alkanes of at least 4 members (excludes halogenated alkanes) is 3. The maximum absolute atomic E-state index is 10.7. The molecule has 0 fully saturated rings. The minimum atomic E-state index is -0.103. The Kier molecular flexibility index (Phi) is 7.79. The monoisotopic (exact) mass is 173 g/mol. The maximum atomic E-state index is 10.7. The highest BCUT2D eigenvalue weighted by atomic mass is 16.2. The molecule has 4 nitrogen and oxygen atoms in total. The molecule has 0 aromatic carbocycles. The molecule has 0 bridgehead atoms. The zero-order chi connectivity index (χ0) is 9.23. The number of nitrogens with one attached hydrogen (secondary N) is 2. The first-order valence-corrected chi connectivity index (χ1v) is 4.47. The van der Waals surface area contributed by atoms with Crippen LogP contribution < -0.4 is 16.4 Å². The van der Waals surface area contributed by atoms with E-state index in [9.17, 15) is 4.79 Å². The van der Waals surface area contributed by atoms with Gasteiger partial charge >= 0.3 is 6.03 Å². The molecule has 0 aliphatic carbocycles. The molecule has 0 atom stereocenters. The molecule has 0 aliphatic rings. The Morgan fingerprint density at radius 3 is 2.50 bits per heavy atom. The second-order valence-electron chi connectivity index (χ2n) is 2.71. The first-order valence-electron chi connectivity index (χ1n) is 4.47. The fourth-order valence-electron chi connectivity index (χ4n) is 0.913. The van der Waals surface area contributed by atoms with Gasteiger partial charge in [-0.25, -0.2) is 4.79 Å². The Hall–Kier alpha value is -0.770. The normalized spacial score (nSPS) is 9.50. The van der Waals surface area contributed by atoms with Gasteiger partial charge in [-0.05, 0) is 19.4 Å². The number of rotatable bonds is 6. The van der Waals surface area contributed by atoms with Crippen LogP contribution in [0.15, 0.2) is 0 Å². The van der Waals surface area contributed by atoms with Crippen molar-refractivity contribution in [2.75, 3.05) is 20.1 Å². The first-order chi connectivity index (χ1) is 5.81. The molecule has 72 valence electrons. The van der Waals surface area contributed by atoms with Crippen molar-refractivity contribution in [3.8, 4) is 0 Å². The Morgan fingerprint density at radius 2 is 1.92 bits per heavy atom. The quantitative estimate of drug-likeness (QED) is 0.510. The van der Waals surface area contributed by atoms with Crippen molar-refractivity contribution in [2.24, 2.45) is 5.73 Å². The minimum Gasteiger partial charge on any atom is -0.341 e. The second-order valence-corrected chi connectivity index (χ2v) is 2.71. The molecule has 2 amide bonds.